The maximum absolute atomic E-state index is 15.4. The van der Waals surface area contributed by atoms with Crippen molar-refractivity contribution in [1.29, 1.82) is 0 Å². The van der Waals surface area contributed by atoms with Crippen LogP contribution < -0.4 is 0 Å². The van der Waals surface area contributed by atoms with E-state index in [0.29, 0.717) is 20.8 Å². The summed E-state index contributed by atoms with van der Waals surface area (Å²) in [5.74, 6) is -1.56. The Morgan fingerprint density at radius 2 is 1.83 bits per heavy atom. The van der Waals surface area contributed by atoms with E-state index in [1.807, 2.05) is 26.0 Å². The summed E-state index contributed by atoms with van der Waals surface area (Å²) in [7, 11) is 0. The standard InChI is InChI=1S/C23H25ClFNO3S/c1-11(2)21-26-18-17(25)12(3)15(19(22(27)28)29-23(4,5)6)16(20(18)30-21)13-7-9-14(24)10-8-13/h7-11,19H,1-6H3,(H,27,28)/t19-/m0/s1. The summed E-state index contributed by atoms with van der Waals surface area (Å²) in [5.41, 5.74) is 1.42. The van der Waals surface area contributed by atoms with Gasteiger partial charge in [0.1, 0.15) is 5.52 Å². The predicted octanol–water partition coefficient (Wildman–Crippen LogP) is 7.13. The number of carboxylic acids is 1. The SMILES string of the molecule is Cc1c([C@H](OC(C)(C)C)C(=O)O)c(-c2ccc(Cl)cc2)c2sc(C(C)C)nc2c1F. The van der Waals surface area contributed by atoms with E-state index in [-0.39, 0.29) is 17.0 Å². The summed E-state index contributed by atoms with van der Waals surface area (Å²) in [6, 6.07) is 7.08. The molecule has 0 saturated heterocycles. The molecule has 1 atom stereocenters. The molecule has 0 aliphatic rings. The van der Waals surface area contributed by atoms with Crippen molar-refractivity contribution < 1.29 is 19.0 Å². The molecule has 0 fully saturated rings. The molecule has 0 saturated carbocycles. The number of thiazole rings is 1. The Morgan fingerprint density at radius 1 is 1.23 bits per heavy atom. The lowest BCUT2D eigenvalue weighted by Gasteiger charge is -2.28. The highest BCUT2D eigenvalue weighted by molar-refractivity contribution is 7.19. The van der Waals surface area contributed by atoms with Gasteiger partial charge in [-0.1, -0.05) is 37.6 Å². The van der Waals surface area contributed by atoms with E-state index >= 15 is 4.39 Å². The third kappa shape index (κ3) is 4.36. The average molecular weight is 450 g/mol. The third-order valence-corrected chi connectivity index (χ3v) is 6.29. The zero-order valence-electron chi connectivity index (χ0n) is 17.8. The van der Waals surface area contributed by atoms with Crippen LogP contribution in [0.25, 0.3) is 21.3 Å². The van der Waals surface area contributed by atoms with Crippen LogP contribution in [-0.4, -0.2) is 21.7 Å². The van der Waals surface area contributed by atoms with Crippen LogP contribution in [0.15, 0.2) is 24.3 Å². The largest absolute Gasteiger partial charge is 0.479 e. The highest BCUT2D eigenvalue weighted by Gasteiger charge is 2.34. The highest BCUT2D eigenvalue weighted by Crippen LogP contribution is 2.45. The highest BCUT2D eigenvalue weighted by atomic mass is 35.5. The van der Waals surface area contributed by atoms with Crippen molar-refractivity contribution in [2.45, 2.75) is 59.2 Å². The normalized spacial score (nSPS) is 13.2. The van der Waals surface area contributed by atoms with Gasteiger partial charge in [0.2, 0.25) is 0 Å². The van der Waals surface area contributed by atoms with Crippen LogP contribution in [0.3, 0.4) is 0 Å². The molecule has 0 amide bonds. The van der Waals surface area contributed by atoms with Crippen LogP contribution in [0, 0.1) is 12.7 Å². The average Bonchev–Trinajstić information content (AvgIpc) is 3.08. The monoisotopic (exact) mass is 449 g/mol. The minimum atomic E-state index is -1.33. The van der Waals surface area contributed by atoms with E-state index < -0.39 is 23.5 Å². The molecule has 4 nitrogen and oxygen atoms in total. The Kier molecular flexibility index (Phi) is 6.23. The molecule has 0 aliphatic heterocycles. The lowest BCUT2D eigenvalue weighted by molar-refractivity contribution is -0.160. The number of ether oxygens (including phenoxy) is 1. The molecule has 1 N–H and O–H groups in total. The van der Waals surface area contributed by atoms with Crippen molar-refractivity contribution in [1.82, 2.24) is 4.98 Å². The molecule has 0 spiro atoms. The number of hydrogen-bond donors (Lipinski definition) is 1. The van der Waals surface area contributed by atoms with Crippen molar-refractivity contribution in [2.24, 2.45) is 0 Å². The van der Waals surface area contributed by atoms with E-state index in [2.05, 4.69) is 4.98 Å². The number of nitrogens with zero attached hydrogens (tertiary/aromatic N) is 1. The zero-order valence-corrected chi connectivity index (χ0v) is 19.4. The fourth-order valence-corrected chi connectivity index (χ4v) is 4.59. The van der Waals surface area contributed by atoms with Gasteiger partial charge in [-0.25, -0.2) is 14.2 Å². The molecule has 1 heterocycles. The fourth-order valence-electron chi connectivity index (χ4n) is 3.32. The molecule has 160 valence electrons. The molecule has 0 unspecified atom stereocenters. The first-order valence-corrected chi connectivity index (χ1v) is 10.9. The molecule has 7 heteroatoms. The van der Waals surface area contributed by atoms with E-state index in [4.69, 9.17) is 16.3 Å². The first-order valence-electron chi connectivity index (χ1n) is 9.69. The molecule has 0 radical (unpaired) electrons. The second-order valence-electron chi connectivity index (χ2n) is 8.57. The number of halogens is 2. The quantitative estimate of drug-likeness (QED) is 0.450. The summed E-state index contributed by atoms with van der Waals surface area (Å²) >= 11 is 7.45. The van der Waals surface area contributed by atoms with Crippen molar-refractivity contribution in [3.63, 3.8) is 0 Å². The van der Waals surface area contributed by atoms with E-state index in [1.54, 1.807) is 39.8 Å². The number of fused-ring (bicyclic) bond motifs is 1. The molecule has 30 heavy (non-hydrogen) atoms. The smallest absolute Gasteiger partial charge is 0.337 e. The number of rotatable bonds is 5. The van der Waals surface area contributed by atoms with Gasteiger partial charge in [-0.3, -0.25) is 0 Å². The Bertz CT molecular complexity index is 1100. The summed E-state index contributed by atoms with van der Waals surface area (Å²) in [6.07, 6.45) is -1.33. The second kappa shape index (κ2) is 8.25. The van der Waals surface area contributed by atoms with Crippen LogP contribution in [0.1, 0.15) is 62.8 Å². The van der Waals surface area contributed by atoms with Crippen molar-refractivity contribution in [3.05, 3.63) is 51.2 Å². The minimum absolute atomic E-state index is 0.115. The molecule has 3 rings (SSSR count). The van der Waals surface area contributed by atoms with Gasteiger partial charge in [-0.2, -0.15) is 0 Å². The summed E-state index contributed by atoms with van der Waals surface area (Å²) in [4.78, 5) is 16.8. The van der Waals surface area contributed by atoms with E-state index in [9.17, 15) is 9.90 Å². The van der Waals surface area contributed by atoms with Crippen molar-refractivity contribution in [2.75, 3.05) is 0 Å². The van der Waals surface area contributed by atoms with Gasteiger partial charge >= 0.3 is 5.97 Å². The number of carbonyl (C=O) groups is 1. The Balaban J connectivity index is 2.45. The van der Waals surface area contributed by atoms with Crippen molar-refractivity contribution in [3.8, 4) is 11.1 Å². The summed E-state index contributed by atoms with van der Waals surface area (Å²) in [6.45, 7) is 10.9. The zero-order chi connectivity index (χ0) is 22.4. The van der Waals surface area contributed by atoms with Crippen molar-refractivity contribution >= 4 is 39.1 Å². The second-order valence-corrected chi connectivity index (χ2v) is 10.0. The van der Waals surface area contributed by atoms with Gasteiger partial charge < -0.3 is 9.84 Å². The molecule has 2 aromatic carbocycles. The topological polar surface area (TPSA) is 59.4 Å². The van der Waals surface area contributed by atoms with Crippen LogP contribution >= 0.6 is 22.9 Å². The van der Waals surface area contributed by atoms with Crippen LogP contribution in [0.4, 0.5) is 4.39 Å². The predicted molar refractivity (Wildman–Crippen MR) is 120 cm³/mol. The molecule has 3 aromatic rings. The first-order chi connectivity index (χ1) is 13.9. The van der Waals surface area contributed by atoms with E-state index in [1.165, 1.54) is 11.3 Å². The number of carboxylic acid groups (broad SMARTS) is 1. The molecular weight excluding hydrogens is 425 g/mol. The molecule has 1 aromatic heterocycles. The van der Waals surface area contributed by atoms with Gasteiger partial charge in [0.05, 0.1) is 15.3 Å². The van der Waals surface area contributed by atoms with Gasteiger partial charge in [0.25, 0.3) is 0 Å². The summed E-state index contributed by atoms with van der Waals surface area (Å²) in [5, 5.41) is 11.4. The van der Waals surface area contributed by atoms with Gasteiger partial charge in [0, 0.05) is 22.1 Å². The Labute approximate surface area is 184 Å². The lowest BCUT2D eigenvalue weighted by atomic mass is 9.91. The molecule has 0 aliphatic carbocycles. The van der Waals surface area contributed by atoms with Gasteiger partial charge in [-0.15, -0.1) is 11.3 Å². The molecular formula is C23H25ClFNO3S. The number of benzene rings is 2. The Hall–Kier alpha value is -2.02. The van der Waals surface area contributed by atoms with Crippen LogP contribution in [0.5, 0.6) is 0 Å². The minimum Gasteiger partial charge on any atom is -0.479 e. The maximum atomic E-state index is 15.4. The van der Waals surface area contributed by atoms with E-state index in [0.717, 1.165) is 10.6 Å². The number of aliphatic carboxylic acids is 1. The Morgan fingerprint density at radius 3 is 2.33 bits per heavy atom. The fraction of sp³-hybridized carbons (Fsp3) is 0.391. The third-order valence-electron chi connectivity index (χ3n) is 4.67. The first kappa shape index (κ1) is 22.7. The van der Waals surface area contributed by atoms with Crippen LogP contribution in [-0.2, 0) is 9.53 Å². The maximum Gasteiger partial charge on any atom is 0.337 e. The number of aromatic nitrogens is 1. The van der Waals surface area contributed by atoms with Gasteiger partial charge in [-0.05, 0) is 51.0 Å². The lowest BCUT2D eigenvalue weighted by Crippen LogP contribution is -2.28. The number of hydrogen-bond acceptors (Lipinski definition) is 4. The summed E-state index contributed by atoms with van der Waals surface area (Å²) < 4.78 is 21.9. The van der Waals surface area contributed by atoms with Gasteiger partial charge in [0.15, 0.2) is 11.9 Å². The molecule has 0 bridgehead atoms. The van der Waals surface area contributed by atoms with Crippen LogP contribution in [0.2, 0.25) is 5.02 Å².